The van der Waals surface area contributed by atoms with Crippen LogP contribution in [0.5, 0.6) is 0 Å². The summed E-state index contributed by atoms with van der Waals surface area (Å²) in [4.78, 5) is 0. The molecule has 0 aliphatic carbocycles. The lowest BCUT2D eigenvalue weighted by Crippen LogP contribution is -2.53. The summed E-state index contributed by atoms with van der Waals surface area (Å²) in [6, 6.07) is 0. The summed E-state index contributed by atoms with van der Waals surface area (Å²) >= 11 is 0. The van der Waals surface area contributed by atoms with Crippen molar-refractivity contribution in [2.24, 2.45) is 0 Å². The molecule has 15 heavy (non-hydrogen) atoms. The molecule has 1 fully saturated rings. The van der Waals surface area contributed by atoms with Crippen molar-refractivity contribution in [2.75, 3.05) is 19.8 Å². The Morgan fingerprint density at radius 2 is 2.27 bits per heavy atom. The molecule has 0 radical (unpaired) electrons. The number of sulfonamides is 1. The molecule has 0 spiro atoms. The molecular formula is C9H19NO4S. The van der Waals surface area contributed by atoms with Crippen molar-refractivity contribution in [1.82, 2.24) is 4.72 Å². The lowest BCUT2D eigenvalue weighted by atomic mass is 9.97. The van der Waals surface area contributed by atoms with E-state index in [2.05, 4.69) is 4.72 Å². The fourth-order valence-electron chi connectivity index (χ4n) is 1.56. The van der Waals surface area contributed by atoms with Crippen molar-refractivity contribution in [2.45, 2.75) is 37.5 Å². The molecule has 1 aliphatic rings. The summed E-state index contributed by atoms with van der Waals surface area (Å²) in [5.74, 6) is 0. The van der Waals surface area contributed by atoms with Crippen LogP contribution in [0.15, 0.2) is 0 Å². The molecule has 0 aromatic rings. The Balaban J connectivity index is 2.67. The van der Waals surface area contributed by atoms with E-state index in [0.29, 0.717) is 13.2 Å². The van der Waals surface area contributed by atoms with Crippen LogP contribution >= 0.6 is 0 Å². The number of hydrogen-bond donors (Lipinski definition) is 2. The van der Waals surface area contributed by atoms with Gasteiger partial charge in [-0.2, -0.15) is 0 Å². The van der Waals surface area contributed by atoms with Crippen LogP contribution in [0.2, 0.25) is 0 Å². The molecule has 0 saturated carbocycles. The van der Waals surface area contributed by atoms with Gasteiger partial charge < -0.3 is 9.84 Å². The maximum absolute atomic E-state index is 11.7. The largest absolute Gasteiger partial charge is 0.395 e. The van der Waals surface area contributed by atoms with Crippen LogP contribution in [-0.2, 0) is 14.8 Å². The highest BCUT2D eigenvalue weighted by molar-refractivity contribution is 7.90. The van der Waals surface area contributed by atoms with Gasteiger partial charge in [0.15, 0.2) is 0 Å². The zero-order chi connectivity index (χ0) is 11.5. The van der Waals surface area contributed by atoms with Gasteiger partial charge in [-0.25, -0.2) is 13.1 Å². The molecule has 5 nitrogen and oxygen atoms in total. The molecule has 0 bridgehead atoms. The van der Waals surface area contributed by atoms with E-state index < -0.39 is 20.8 Å². The second-order valence-electron chi connectivity index (χ2n) is 4.36. The predicted molar refractivity (Wildman–Crippen MR) is 57.1 cm³/mol. The molecule has 2 unspecified atom stereocenters. The van der Waals surface area contributed by atoms with Crippen molar-refractivity contribution in [3.63, 3.8) is 0 Å². The number of rotatable bonds is 4. The highest BCUT2D eigenvalue weighted by Gasteiger charge is 2.34. The Labute approximate surface area is 90.9 Å². The molecule has 0 aromatic heterocycles. The van der Waals surface area contributed by atoms with Gasteiger partial charge in [0.2, 0.25) is 10.0 Å². The van der Waals surface area contributed by atoms with Crippen LogP contribution in [0.4, 0.5) is 0 Å². The number of aliphatic hydroxyl groups excluding tert-OH is 1. The maximum Gasteiger partial charge on any atom is 0.217 e. The van der Waals surface area contributed by atoms with Crippen LogP contribution in [-0.4, -0.2) is 44.1 Å². The molecule has 2 N–H and O–H groups in total. The summed E-state index contributed by atoms with van der Waals surface area (Å²) in [5.41, 5.74) is -0.527. The van der Waals surface area contributed by atoms with E-state index in [0.717, 1.165) is 12.8 Å². The lowest BCUT2D eigenvalue weighted by molar-refractivity contribution is 0.0385. The summed E-state index contributed by atoms with van der Waals surface area (Å²) < 4.78 is 31.3. The van der Waals surface area contributed by atoms with Crippen LogP contribution < -0.4 is 4.72 Å². The average molecular weight is 237 g/mol. The smallest absolute Gasteiger partial charge is 0.217 e. The fraction of sp³-hybridized carbons (Fsp3) is 1.00. The van der Waals surface area contributed by atoms with Crippen molar-refractivity contribution in [3.05, 3.63) is 0 Å². The quantitative estimate of drug-likeness (QED) is 0.713. The van der Waals surface area contributed by atoms with E-state index in [-0.39, 0.29) is 6.61 Å². The lowest BCUT2D eigenvalue weighted by Gasteiger charge is -2.34. The van der Waals surface area contributed by atoms with Crippen molar-refractivity contribution >= 4 is 10.0 Å². The van der Waals surface area contributed by atoms with E-state index in [1.165, 1.54) is 6.92 Å². The first kappa shape index (κ1) is 12.9. The third-order valence-corrected chi connectivity index (χ3v) is 4.60. The van der Waals surface area contributed by atoms with Crippen molar-refractivity contribution in [1.29, 1.82) is 0 Å². The molecule has 0 amide bonds. The molecule has 0 aromatic carbocycles. The number of nitrogens with one attached hydrogen (secondary N) is 1. The van der Waals surface area contributed by atoms with E-state index >= 15 is 0 Å². The molecule has 1 heterocycles. The maximum atomic E-state index is 11.7. The highest BCUT2D eigenvalue weighted by Crippen LogP contribution is 2.20. The van der Waals surface area contributed by atoms with Crippen LogP contribution in [0.1, 0.15) is 26.7 Å². The summed E-state index contributed by atoms with van der Waals surface area (Å²) in [7, 11) is -3.45. The molecular weight excluding hydrogens is 218 g/mol. The second kappa shape index (κ2) is 4.78. The molecule has 1 saturated heterocycles. The topological polar surface area (TPSA) is 75.6 Å². The molecule has 1 rings (SSSR count). The number of aliphatic hydroxyl groups is 1. The molecule has 6 heteroatoms. The minimum Gasteiger partial charge on any atom is -0.395 e. The molecule has 90 valence electrons. The third kappa shape index (κ3) is 3.41. The number of ether oxygens (including phenoxy) is 1. The standard InChI is InChI=1S/C9H19NO4S/c1-8(6-11)15(12,13)10-9(2)4-3-5-14-7-9/h8,10-11H,3-7H2,1-2H3. The Bertz CT molecular complexity index is 295. The molecule has 1 aliphatic heterocycles. The average Bonchev–Trinajstić information content (AvgIpc) is 2.16. The van der Waals surface area contributed by atoms with Crippen LogP contribution in [0.25, 0.3) is 0 Å². The van der Waals surface area contributed by atoms with E-state index in [4.69, 9.17) is 9.84 Å². The van der Waals surface area contributed by atoms with E-state index in [1.54, 1.807) is 0 Å². The Morgan fingerprint density at radius 3 is 2.73 bits per heavy atom. The minimum absolute atomic E-state index is 0.369. The van der Waals surface area contributed by atoms with E-state index in [1.807, 2.05) is 6.92 Å². The van der Waals surface area contributed by atoms with Gasteiger partial charge in [0.05, 0.1) is 24.0 Å². The number of hydrogen-bond acceptors (Lipinski definition) is 4. The van der Waals surface area contributed by atoms with Gasteiger partial charge >= 0.3 is 0 Å². The van der Waals surface area contributed by atoms with Crippen LogP contribution in [0, 0.1) is 0 Å². The van der Waals surface area contributed by atoms with E-state index in [9.17, 15) is 8.42 Å². The van der Waals surface area contributed by atoms with Gasteiger partial charge in [-0.15, -0.1) is 0 Å². The Kier molecular flexibility index (Phi) is 4.11. The van der Waals surface area contributed by atoms with Gasteiger partial charge in [-0.05, 0) is 26.7 Å². The van der Waals surface area contributed by atoms with Crippen LogP contribution in [0.3, 0.4) is 0 Å². The van der Waals surface area contributed by atoms with Gasteiger partial charge in [-0.3, -0.25) is 0 Å². The zero-order valence-corrected chi connectivity index (χ0v) is 10.0. The normalized spacial score (nSPS) is 30.1. The summed E-state index contributed by atoms with van der Waals surface area (Å²) in [5, 5.41) is 8.05. The van der Waals surface area contributed by atoms with Gasteiger partial charge in [0, 0.05) is 6.61 Å². The highest BCUT2D eigenvalue weighted by atomic mass is 32.2. The summed E-state index contributed by atoms with van der Waals surface area (Å²) in [6.07, 6.45) is 1.62. The predicted octanol–water partition coefficient (Wildman–Crippen LogP) is -0.144. The third-order valence-electron chi connectivity index (χ3n) is 2.61. The van der Waals surface area contributed by atoms with Gasteiger partial charge in [-0.1, -0.05) is 0 Å². The zero-order valence-electron chi connectivity index (χ0n) is 9.19. The monoisotopic (exact) mass is 237 g/mol. The summed E-state index contributed by atoms with van der Waals surface area (Å²) in [6.45, 7) is 4.02. The fourth-order valence-corrected chi connectivity index (χ4v) is 2.80. The van der Waals surface area contributed by atoms with Crippen molar-refractivity contribution in [3.8, 4) is 0 Å². The minimum atomic E-state index is -3.45. The first-order valence-corrected chi connectivity index (χ1v) is 6.66. The van der Waals surface area contributed by atoms with Gasteiger partial charge in [0.1, 0.15) is 0 Å². The Hall–Kier alpha value is -0.170. The SMILES string of the molecule is CC(CO)S(=O)(=O)NC1(C)CCCOC1. The first-order valence-electron chi connectivity index (χ1n) is 5.11. The second-order valence-corrected chi connectivity index (χ2v) is 6.46. The van der Waals surface area contributed by atoms with Gasteiger partial charge in [0.25, 0.3) is 0 Å². The molecule has 2 atom stereocenters. The van der Waals surface area contributed by atoms with Crippen molar-refractivity contribution < 1.29 is 18.3 Å². The first-order chi connectivity index (χ1) is 6.90. The Morgan fingerprint density at radius 1 is 1.60 bits per heavy atom.